The van der Waals surface area contributed by atoms with E-state index in [9.17, 15) is 17.6 Å². The van der Waals surface area contributed by atoms with E-state index in [4.69, 9.17) is 0 Å². The quantitative estimate of drug-likeness (QED) is 0.219. The molecule has 0 amide bonds. The van der Waals surface area contributed by atoms with E-state index in [1.54, 1.807) is 11.9 Å². The van der Waals surface area contributed by atoms with Gasteiger partial charge in [0.15, 0.2) is 29.2 Å². The molecule has 0 atom stereocenters. The summed E-state index contributed by atoms with van der Waals surface area (Å²) in [5.41, 5.74) is 0.0792. The lowest BCUT2D eigenvalue weighted by Gasteiger charge is -2.21. The Hall–Kier alpha value is -1.43. The van der Waals surface area contributed by atoms with Crippen LogP contribution in [0.5, 0.6) is 0 Å². The molecule has 0 bridgehead atoms. The van der Waals surface area contributed by atoms with E-state index >= 15 is 0 Å². The van der Waals surface area contributed by atoms with E-state index in [-0.39, 0.29) is 30.0 Å². The largest absolute Gasteiger partial charge is 0.357 e. The van der Waals surface area contributed by atoms with E-state index in [0.717, 1.165) is 10.7 Å². The highest BCUT2D eigenvalue weighted by atomic mass is 127. The van der Waals surface area contributed by atoms with Crippen molar-refractivity contribution in [1.82, 2.24) is 15.2 Å². The topological polar surface area (TPSA) is 40.5 Å². The first-order valence-electron chi connectivity index (χ1n) is 7.55. The number of guanidine groups is 1. The Morgan fingerprint density at radius 1 is 1.23 bits per heavy atom. The molecule has 0 aliphatic carbocycles. The number of aryl methyl sites for hydroxylation is 1. The average molecular weight is 502 g/mol. The Balaban J connectivity index is 0.00000338. The maximum Gasteiger partial charge on any atom is 0.194 e. The molecule has 0 saturated heterocycles. The second-order valence-corrected chi connectivity index (χ2v) is 6.39. The summed E-state index contributed by atoms with van der Waals surface area (Å²) in [6.45, 7) is 4.13. The minimum absolute atomic E-state index is 0. The first kappa shape index (κ1) is 22.6. The second-order valence-electron chi connectivity index (χ2n) is 5.33. The lowest BCUT2D eigenvalue weighted by atomic mass is 10.2. The van der Waals surface area contributed by atoms with Gasteiger partial charge in [-0.25, -0.2) is 27.5 Å². The normalized spacial score (nSPS) is 11.3. The Morgan fingerprint density at radius 2 is 1.85 bits per heavy atom. The third-order valence-corrected chi connectivity index (χ3v) is 4.17. The molecule has 26 heavy (non-hydrogen) atoms. The van der Waals surface area contributed by atoms with Crippen molar-refractivity contribution >= 4 is 41.3 Å². The predicted molar refractivity (Wildman–Crippen MR) is 105 cm³/mol. The maximum atomic E-state index is 13.7. The van der Waals surface area contributed by atoms with Crippen LogP contribution in [0.1, 0.15) is 23.2 Å². The smallest absolute Gasteiger partial charge is 0.194 e. The molecule has 0 radical (unpaired) electrons. The molecular weight excluding hydrogens is 483 g/mol. The lowest BCUT2D eigenvalue weighted by Crippen LogP contribution is -2.38. The van der Waals surface area contributed by atoms with Gasteiger partial charge in [-0.2, -0.15) is 0 Å². The van der Waals surface area contributed by atoms with Crippen molar-refractivity contribution in [3.63, 3.8) is 0 Å². The zero-order chi connectivity index (χ0) is 18.6. The van der Waals surface area contributed by atoms with Crippen LogP contribution in [0.2, 0.25) is 0 Å². The van der Waals surface area contributed by atoms with Gasteiger partial charge < -0.3 is 10.2 Å². The number of aliphatic imine (C=N–C) groups is 1. The molecule has 2 rings (SSSR count). The van der Waals surface area contributed by atoms with Crippen LogP contribution < -0.4 is 5.32 Å². The molecule has 0 unspecified atom stereocenters. The SMILES string of the molecule is CCNC(=NCc1c(F)c(F)cc(F)c1F)N(C)Cc1csc(C)n1.I. The first-order chi connectivity index (χ1) is 11.8. The minimum Gasteiger partial charge on any atom is -0.357 e. The van der Waals surface area contributed by atoms with Crippen molar-refractivity contribution in [2.24, 2.45) is 4.99 Å². The summed E-state index contributed by atoms with van der Waals surface area (Å²) in [6, 6.07) is 0.180. The van der Waals surface area contributed by atoms with Crippen molar-refractivity contribution < 1.29 is 17.6 Å². The molecule has 1 heterocycles. The number of nitrogens with zero attached hydrogens (tertiary/aromatic N) is 3. The molecule has 10 heteroatoms. The summed E-state index contributed by atoms with van der Waals surface area (Å²) in [7, 11) is 1.73. The van der Waals surface area contributed by atoms with Crippen LogP contribution in [0.15, 0.2) is 16.4 Å². The van der Waals surface area contributed by atoms with Crippen LogP contribution in [0.4, 0.5) is 17.6 Å². The Bertz CT molecular complexity index is 756. The fraction of sp³-hybridized carbons (Fsp3) is 0.375. The Kier molecular flexibility index (Phi) is 8.74. The third kappa shape index (κ3) is 5.53. The van der Waals surface area contributed by atoms with Gasteiger partial charge in [0.2, 0.25) is 0 Å². The molecule has 0 aliphatic heterocycles. The second kappa shape index (κ2) is 10.0. The molecule has 144 valence electrons. The highest BCUT2D eigenvalue weighted by molar-refractivity contribution is 14.0. The van der Waals surface area contributed by atoms with Crippen molar-refractivity contribution in [3.8, 4) is 0 Å². The van der Waals surface area contributed by atoms with E-state index in [0.29, 0.717) is 19.0 Å². The van der Waals surface area contributed by atoms with Gasteiger partial charge in [0, 0.05) is 25.0 Å². The lowest BCUT2D eigenvalue weighted by molar-refractivity contribution is 0.437. The highest BCUT2D eigenvalue weighted by Crippen LogP contribution is 2.20. The van der Waals surface area contributed by atoms with Gasteiger partial charge in [-0.3, -0.25) is 0 Å². The van der Waals surface area contributed by atoms with Gasteiger partial charge >= 0.3 is 0 Å². The zero-order valence-corrected chi connectivity index (χ0v) is 17.6. The summed E-state index contributed by atoms with van der Waals surface area (Å²) in [6.07, 6.45) is 0. The Labute approximate surface area is 170 Å². The molecular formula is C16H19F4IN4S. The minimum atomic E-state index is -1.44. The number of hydrogen-bond acceptors (Lipinski definition) is 3. The molecule has 2 aromatic rings. The molecule has 0 fully saturated rings. The molecule has 0 saturated carbocycles. The molecule has 4 nitrogen and oxygen atoms in total. The van der Waals surface area contributed by atoms with Gasteiger partial charge in [0.1, 0.15) is 0 Å². The third-order valence-electron chi connectivity index (χ3n) is 3.35. The van der Waals surface area contributed by atoms with Gasteiger partial charge in [0.05, 0.1) is 29.4 Å². The number of benzene rings is 1. The van der Waals surface area contributed by atoms with E-state index in [1.165, 1.54) is 11.3 Å². The van der Waals surface area contributed by atoms with E-state index in [2.05, 4.69) is 15.3 Å². The number of hydrogen-bond donors (Lipinski definition) is 1. The van der Waals surface area contributed by atoms with Gasteiger partial charge in [-0.1, -0.05) is 0 Å². The average Bonchev–Trinajstić information content (AvgIpc) is 2.96. The zero-order valence-electron chi connectivity index (χ0n) is 14.4. The van der Waals surface area contributed by atoms with Crippen molar-refractivity contribution in [1.29, 1.82) is 0 Å². The number of aromatic nitrogens is 1. The summed E-state index contributed by atoms with van der Waals surface area (Å²) in [5.74, 6) is -5.41. The van der Waals surface area contributed by atoms with Crippen LogP contribution in [0, 0.1) is 30.2 Å². The summed E-state index contributed by atoms with van der Waals surface area (Å²) < 4.78 is 54.0. The highest BCUT2D eigenvalue weighted by Gasteiger charge is 2.19. The number of thiazole rings is 1. The van der Waals surface area contributed by atoms with Crippen molar-refractivity contribution in [3.05, 3.63) is 51.0 Å². The first-order valence-corrected chi connectivity index (χ1v) is 8.43. The number of halogens is 5. The standard InChI is InChI=1S/C16H18F4N4S.HI/c1-4-21-16(24(3)7-10-8-25-9(2)23-10)22-6-11-14(19)12(17)5-13(18)15(11)20;/h5,8H,4,6-7H2,1-3H3,(H,21,22);1H. The number of nitrogens with one attached hydrogen (secondary N) is 1. The fourth-order valence-corrected chi connectivity index (χ4v) is 2.79. The molecule has 0 aliphatic rings. The fourth-order valence-electron chi connectivity index (χ4n) is 2.18. The summed E-state index contributed by atoms with van der Waals surface area (Å²) >= 11 is 1.51. The van der Waals surface area contributed by atoms with Crippen LogP contribution in [-0.4, -0.2) is 29.4 Å². The van der Waals surface area contributed by atoms with E-state index in [1.807, 2.05) is 19.2 Å². The summed E-state index contributed by atoms with van der Waals surface area (Å²) in [5, 5.41) is 5.79. The van der Waals surface area contributed by atoms with Crippen molar-refractivity contribution in [2.45, 2.75) is 26.9 Å². The maximum absolute atomic E-state index is 13.7. The van der Waals surface area contributed by atoms with Crippen LogP contribution in [0.25, 0.3) is 0 Å². The van der Waals surface area contributed by atoms with Crippen LogP contribution in [0.3, 0.4) is 0 Å². The van der Waals surface area contributed by atoms with Crippen LogP contribution >= 0.6 is 35.3 Å². The molecule has 1 N–H and O–H groups in total. The number of rotatable bonds is 5. The van der Waals surface area contributed by atoms with Gasteiger partial charge in [-0.05, 0) is 13.8 Å². The molecule has 1 aromatic heterocycles. The van der Waals surface area contributed by atoms with E-state index < -0.39 is 35.4 Å². The van der Waals surface area contributed by atoms with Crippen molar-refractivity contribution in [2.75, 3.05) is 13.6 Å². The predicted octanol–water partition coefficient (Wildman–Crippen LogP) is 4.22. The van der Waals surface area contributed by atoms with Gasteiger partial charge in [-0.15, -0.1) is 35.3 Å². The summed E-state index contributed by atoms with van der Waals surface area (Å²) in [4.78, 5) is 10.1. The molecule has 1 aromatic carbocycles. The molecule has 0 spiro atoms. The van der Waals surface area contributed by atoms with Crippen LogP contribution in [-0.2, 0) is 13.1 Å². The van der Waals surface area contributed by atoms with Gasteiger partial charge in [0.25, 0.3) is 0 Å². The monoisotopic (exact) mass is 502 g/mol. The Morgan fingerprint density at radius 3 is 2.35 bits per heavy atom.